The van der Waals surface area contributed by atoms with E-state index >= 15 is 0 Å². The predicted octanol–water partition coefficient (Wildman–Crippen LogP) is 1.74. The number of carbonyl (C=O) groups is 1. The lowest BCUT2D eigenvalue weighted by Gasteiger charge is -2.15. The van der Waals surface area contributed by atoms with Crippen molar-refractivity contribution in [3.8, 4) is 6.07 Å². The van der Waals surface area contributed by atoms with Gasteiger partial charge in [0.25, 0.3) is 5.91 Å². The first-order valence-corrected chi connectivity index (χ1v) is 8.67. The number of nitriles is 1. The molecule has 1 aromatic carbocycles. The van der Waals surface area contributed by atoms with E-state index in [2.05, 4.69) is 4.72 Å². The number of nitrogens with zero attached hydrogens (tertiary/aromatic N) is 2. The van der Waals surface area contributed by atoms with E-state index in [9.17, 15) is 13.2 Å². The van der Waals surface area contributed by atoms with Gasteiger partial charge in [-0.15, -0.1) is 0 Å². The second-order valence-corrected chi connectivity index (χ2v) is 6.83. The number of amides is 1. The van der Waals surface area contributed by atoms with E-state index in [0.29, 0.717) is 17.9 Å². The Hall–Kier alpha value is -2.63. The van der Waals surface area contributed by atoms with Crippen molar-refractivity contribution in [1.29, 1.82) is 5.26 Å². The number of benzene rings is 1. The van der Waals surface area contributed by atoms with Crippen LogP contribution in [0.4, 0.5) is 0 Å². The summed E-state index contributed by atoms with van der Waals surface area (Å²) in [7, 11) is -2.10. The van der Waals surface area contributed by atoms with Crippen LogP contribution in [-0.2, 0) is 16.6 Å². The Balaban J connectivity index is 2.05. The molecule has 0 fully saturated rings. The molecule has 2 rings (SSSR count). The van der Waals surface area contributed by atoms with Gasteiger partial charge in [0.2, 0.25) is 10.0 Å². The average Bonchev–Trinajstić information content (AvgIpc) is 3.11. The first-order chi connectivity index (χ1) is 11.4. The highest BCUT2D eigenvalue weighted by Gasteiger charge is 2.16. The van der Waals surface area contributed by atoms with E-state index in [1.165, 1.54) is 35.4 Å². The molecule has 0 aliphatic heterocycles. The van der Waals surface area contributed by atoms with Crippen molar-refractivity contribution in [2.75, 3.05) is 13.6 Å². The Bertz CT molecular complexity index is 821. The highest BCUT2D eigenvalue weighted by molar-refractivity contribution is 7.89. The van der Waals surface area contributed by atoms with E-state index < -0.39 is 10.0 Å². The molecule has 1 N–H and O–H groups in total. The average molecular weight is 347 g/mol. The molecule has 0 aliphatic rings. The highest BCUT2D eigenvalue weighted by atomic mass is 32.2. The van der Waals surface area contributed by atoms with E-state index in [4.69, 9.17) is 9.68 Å². The minimum absolute atomic E-state index is 0.0485. The van der Waals surface area contributed by atoms with Crippen LogP contribution in [0.1, 0.15) is 22.5 Å². The first-order valence-electron chi connectivity index (χ1n) is 7.18. The molecular weight excluding hydrogens is 330 g/mol. The van der Waals surface area contributed by atoms with Gasteiger partial charge in [-0.2, -0.15) is 5.26 Å². The summed E-state index contributed by atoms with van der Waals surface area (Å²) in [5.74, 6) is 0.238. The van der Waals surface area contributed by atoms with E-state index in [1.54, 1.807) is 19.2 Å². The van der Waals surface area contributed by atoms with Gasteiger partial charge in [0.15, 0.2) is 0 Å². The van der Waals surface area contributed by atoms with Gasteiger partial charge < -0.3 is 9.32 Å². The lowest BCUT2D eigenvalue weighted by atomic mass is 10.2. The lowest BCUT2D eigenvalue weighted by molar-refractivity contribution is 0.0798. The van der Waals surface area contributed by atoms with Crippen LogP contribution < -0.4 is 4.72 Å². The lowest BCUT2D eigenvalue weighted by Crippen LogP contribution is -2.27. The molecule has 0 saturated heterocycles. The van der Waals surface area contributed by atoms with Gasteiger partial charge in [0, 0.05) is 19.2 Å². The topological polar surface area (TPSA) is 103 Å². The molecular formula is C16H17N3O4S. The Morgan fingerprint density at radius 1 is 1.29 bits per heavy atom. The third-order valence-electron chi connectivity index (χ3n) is 3.33. The Kier molecular flexibility index (Phi) is 5.73. The summed E-state index contributed by atoms with van der Waals surface area (Å²) in [6, 6.07) is 11.0. The summed E-state index contributed by atoms with van der Waals surface area (Å²) < 4.78 is 31.9. The van der Waals surface area contributed by atoms with Crippen LogP contribution in [0.25, 0.3) is 0 Å². The molecule has 2 aromatic rings. The smallest absolute Gasteiger partial charge is 0.253 e. The zero-order valence-electron chi connectivity index (χ0n) is 13.1. The number of rotatable bonds is 7. The van der Waals surface area contributed by atoms with Crippen molar-refractivity contribution in [3.63, 3.8) is 0 Å². The zero-order chi connectivity index (χ0) is 17.6. The normalized spacial score (nSPS) is 11.0. The number of carbonyl (C=O) groups excluding carboxylic acids is 1. The fraction of sp³-hybridized carbons (Fsp3) is 0.250. The molecule has 0 unspecified atom stereocenters. The Labute approximate surface area is 140 Å². The second-order valence-electron chi connectivity index (χ2n) is 5.06. The van der Waals surface area contributed by atoms with Crippen LogP contribution in [0, 0.1) is 11.3 Å². The standard InChI is InChI=1S/C16H17N3O4S/c1-19(10-3-9-17)16(20)13-5-7-15(8-6-13)24(21,22)18-12-14-4-2-11-23-14/h2,4-8,11,18H,3,10,12H2,1H3. The fourth-order valence-electron chi connectivity index (χ4n) is 1.98. The van der Waals surface area contributed by atoms with Crippen molar-refractivity contribution in [1.82, 2.24) is 9.62 Å². The Morgan fingerprint density at radius 3 is 2.58 bits per heavy atom. The maximum atomic E-state index is 12.2. The highest BCUT2D eigenvalue weighted by Crippen LogP contribution is 2.13. The van der Waals surface area contributed by atoms with Crippen LogP contribution in [0.2, 0.25) is 0 Å². The number of furan rings is 1. The Morgan fingerprint density at radius 2 is 2.00 bits per heavy atom. The van der Waals surface area contributed by atoms with Gasteiger partial charge in [0.1, 0.15) is 5.76 Å². The summed E-state index contributed by atoms with van der Waals surface area (Å²) in [4.78, 5) is 13.6. The van der Waals surface area contributed by atoms with E-state index in [0.717, 1.165) is 0 Å². The molecule has 1 heterocycles. The maximum absolute atomic E-state index is 12.2. The minimum atomic E-state index is -3.69. The van der Waals surface area contributed by atoms with Gasteiger partial charge in [-0.25, -0.2) is 13.1 Å². The predicted molar refractivity (Wildman–Crippen MR) is 86.4 cm³/mol. The van der Waals surface area contributed by atoms with Gasteiger partial charge in [0.05, 0.1) is 30.2 Å². The van der Waals surface area contributed by atoms with Gasteiger partial charge >= 0.3 is 0 Å². The van der Waals surface area contributed by atoms with Crippen molar-refractivity contribution >= 4 is 15.9 Å². The van der Waals surface area contributed by atoms with Crippen molar-refractivity contribution in [2.45, 2.75) is 17.9 Å². The number of nitrogens with one attached hydrogen (secondary N) is 1. The molecule has 7 nitrogen and oxygen atoms in total. The summed E-state index contributed by atoms with van der Waals surface area (Å²) in [5.41, 5.74) is 0.362. The van der Waals surface area contributed by atoms with Crippen molar-refractivity contribution in [3.05, 3.63) is 54.0 Å². The molecule has 8 heteroatoms. The molecule has 0 atom stereocenters. The molecule has 1 aromatic heterocycles. The number of sulfonamides is 1. The van der Waals surface area contributed by atoms with Crippen molar-refractivity contribution in [2.24, 2.45) is 0 Å². The van der Waals surface area contributed by atoms with Gasteiger partial charge in [-0.05, 0) is 36.4 Å². The molecule has 0 bridgehead atoms. The third kappa shape index (κ3) is 4.44. The second kappa shape index (κ2) is 7.77. The maximum Gasteiger partial charge on any atom is 0.253 e. The van der Waals surface area contributed by atoms with Crippen LogP contribution in [0.3, 0.4) is 0 Å². The van der Waals surface area contributed by atoms with Crippen molar-refractivity contribution < 1.29 is 17.6 Å². The molecule has 1 amide bonds. The van der Waals surface area contributed by atoms with Gasteiger partial charge in [-0.1, -0.05) is 0 Å². The molecule has 0 spiro atoms. The molecule has 0 saturated carbocycles. The molecule has 0 aliphatic carbocycles. The van der Waals surface area contributed by atoms with E-state index in [1.807, 2.05) is 6.07 Å². The molecule has 24 heavy (non-hydrogen) atoms. The zero-order valence-corrected chi connectivity index (χ0v) is 13.9. The molecule has 0 radical (unpaired) electrons. The summed E-state index contributed by atoms with van der Waals surface area (Å²) >= 11 is 0. The van der Waals surface area contributed by atoms with Gasteiger partial charge in [-0.3, -0.25) is 4.79 Å². The fourth-order valence-corrected chi connectivity index (χ4v) is 2.97. The summed E-state index contributed by atoms with van der Waals surface area (Å²) in [5, 5.41) is 8.54. The third-order valence-corrected chi connectivity index (χ3v) is 4.75. The van der Waals surface area contributed by atoms with Crippen LogP contribution in [0.15, 0.2) is 52.0 Å². The SMILES string of the molecule is CN(CCC#N)C(=O)c1ccc(S(=O)(=O)NCc2ccco2)cc1. The largest absolute Gasteiger partial charge is 0.468 e. The number of hydrogen-bond acceptors (Lipinski definition) is 5. The van der Waals surface area contributed by atoms with Crippen LogP contribution in [-0.4, -0.2) is 32.8 Å². The first kappa shape index (κ1) is 17.7. The molecule has 126 valence electrons. The minimum Gasteiger partial charge on any atom is -0.468 e. The monoisotopic (exact) mass is 347 g/mol. The summed E-state index contributed by atoms with van der Waals surface area (Å²) in [6.45, 7) is 0.368. The summed E-state index contributed by atoms with van der Waals surface area (Å²) in [6.07, 6.45) is 1.71. The number of hydrogen-bond donors (Lipinski definition) is 1. The van der Waals surface area contributed by atoms with E-state index in [-0.39, 0.29) is 23.8 Å². The van der Waals surface area contributed by atoms with Crippen LogP contribution >= 0.6 is 0 Å². The van der Waals surface area contributed by atoms with Crippen LogP contribution in [0.5, 0.6) is 0 Å². The quantitative estimate of drug-likeness (QED) is 0.822.